The van der Waals surface area contributed by atoms with Crippen molar-refractivity contribution in [1.82, 2.24) is 4.90 Å². The average molecular weight is 509 g/mol. The van der Waals surface area contributed by atoms with Crippen LogP contribution in [0.4, 0.5) is 0 Å². The lowest BCUT2D eigenvalue weighted by Crippen LogP contribution is -2.23. The van der Waals surface area contributed by atoms with Crippen molar-refractivity contribution in [1.29, 1.82) is 0 Å². The number of aliphatic imine (C=N–C) groups is 1. The van der Waals surface area contributed by atoms with Gasteiger partial charge in [-0.2, -0.15) is 0 Å². The fraction of sp³-hybridized carbons (Fsp3) is 0.114. The zero-order valence-electron chi connectivity index (χ0n) is 20.7. The van der Waals surface area contributed by atoms with Gasteiger partial charge in [-0.05, 0) is 62.2 Å². The van der Waals surface area contributed by atoms with E-state index in [1.54, 1.807) is 0 Å². The highest BCUT2D eigenvalue weighted by Gasteiger charge is 2.59. The minimum absolute atomic E-state index is 0.0262. The van der Waals surface area contributed by atoms with Crippen molar-refractivity contribution < 1.29 is 0 Å². The summed E-state index contributed by atoms with van der Waals surface area (Å²) < 4.78 is 0. The van der Waals surface area contributed by atoms with Crippen LogP contribution in [0.25, 0.3) is 22.3 Å². The molecule has 8 rings (SSSR count). The maximum Gasteiger partial charge on any atom is 0.0952 e. The zero-order valence-corrected chi connectivity index (χ0v) is 21.5. The van der Waals surface area contributed by atoms with Gasteiger partial charge in [0.15, 0.2) is 0 Å². The molecule has 1 saturated heterocycles. The third kappa shape index (κ3) is 3.27. The molecule has 2 nitrogen and oxygen atoms in total. The van der Waals surface area contributed by atoms with Crippen LogP contribution < -0.4 is 0 Å². The normalized spacial score (nSPS) is 24.1. The van der Waals surface area contributed by atoms with Crippen LogP contribution in [0.15, 0.2) is 126 Å². The van der Waals surface area contributed by atoms with Crippen molar-refractivity contribution in [3.63, 3.8) is 0 Å². The second kappa shape index (κ2) is 8.52. The van der Waals surface area contributed by atoms with E-state index in [9.17, 15) is 0 Å². The quantitative estimate of drug-likeness (QED) is 0.175. The first-order valence-electron chi connectivity index (χ1n) is 13.2. The molecule has 0 bridgehead atoms. The highest BCUT2D eigenvalue weighted by molar-refractivity contribution is 6.30. The Morgan fingerprint density at radius 3 is 1.45 bits per heavy atom. The Balaban J connectivity index is 1.31. The van der Waals surface area contributed by atoms with E-state index in [4.69, 9.17) is 16.6 Å². The number of benzene rings is 5. The molecular weight excluding hydrogens is 484 g/mol. The number of nitrogens with zero attached hydrogens (tertiary/aromatic N) is 2. The molecule has 2 aliphatic carbocycles. The van der Waals surface area contributed by atoms with Crippen molar-refractivity contribution in [2.24, 2.45) is 4.99 Å². The minimum Gasteiger partial charge on any atom is -0.282 e. The molecule has 1 aliphatic heterocycles. The van der Waals surface area contributed by atoms with E-state index in [-0.39, 0.29) is 12.1 Å². The molecule has 1 heterocycles. The van der Waals surface area contributed by atoms with Gasteiger partial charge in [-0.15, -0.1) is 0 Å². The van der Waals surface area contributed by atoms with Crippen molar-refractivity contribution >= 4 is 17.8 Å². The Hall–Kier alpha value is -3.98. The Labute approximate surface area is 227 Å². The second-order valence-corrected chi connectivity index (χ2v) is 10.8. The molecule has 0 saturated carbocycles. The minimum atomic E-state index is -0.0262. The van der Waals surface area contributed by atoms with Crippen molar-refractivity contribution in [3.05, 3.63) is 154 Å². The number of hydrogen-bond acceptors (Lipinski definition) is 2. The molecule has 3 heteroatoms. The van der Waals surface area contributed by atoms with Gasteiger partial charge in [-0.3, -0.25) is 9.89 Å². The topological polar surface area (TPSA) is 15.4 Å². The molecule has 0 spiro atoms. The fourth-order valence-electron chi connectivity index (χ4n) is 6.80. The van der Waals surface area contributed by atoms with Crippen LogP contribution in [0.1, 0.15) is 52.0 Å². The van der Waals surface area contributed by atoms with E-state index in [1.807, 2.05) is 30.5 Å². The van der Waals surface area contributed by atoms with Gasteiger partial charge >= 0.3 is 0 Å². The number of rotatable bonds is 3. The lowest BCUT2D eigenvalue weighted by Gasteiger charge is -2.35. The Bertz CT molecular complexity index is 1670. The standard InChI is InChI=1S/C35H25ClN2/c36-23-19-17-22(18-20-23)21-37-32-28-13-5-1-9-24(28)25-10-2-6-14-29(25)33(32)38-34-30-15-7-3-11-26(30)27-12-4-8-16-31(27)35(34)38/h1-21,32-35H/t32-,33-,34-,35+,38?/m0/s1. The van der Waals surface area contributed by atoms with Gasteiger partial charge in [0.05, 0.1) is 24.2 Å². The summed E-state index contributed by atoms with van der Waals surface area (Å²) in [6, 6.07) is 44.3. The van der Waals surface area contributed by atoms with Gasteiger partial charge in [-0.25, -0.2) is 0 Å². The fourth-order valence-corrected chi connectivity index (χ4v) is 6.92. The van der Waals surface area contributed by atoms with Crippen molar-refractivity contribution in [3.8, 4) is 22.3 Å². The summed E-state index contributed by atoms with van der Waals surface area (Å²) in [5, 5.41) is 0.738. The monoisotopic (exact) mass is 508 g/mol. The van der Waals surface area contributed by atoms with Crippen LogP contribution in [0.3, 0.4) is 0 Å². The van der Waals surface area contributed by atoms with Crippen LogP contribution in [-0.4, -0.2) is 11.1 Å². The molecule has 38 heavy (non-hydrogen) atoms. The Kier molecular flexibility index (Phi) is 4.95. The van der Waals surface area contributed by atoms with E-state index in [0.29, 0.717) is 12.1 Å². The van der Waals surface area contributed by atoms with Crippen LogP contribution >= 0.6 is 11.6 Å². The molecular formula is C35H25ClN2. The maximum atomic E-state index is 6.16. The van der Waals surface area contributed by atoms with Crippen LogP contribution in [0.2, 0.25) is 5.02 Å². The first-order chi connectivity index (χ1) is 18.8. The van der Waals surface area contributed by atoms with Crippen LogP contribution in [0, 0.1) is 0 Å². The third-order valence-corrected chi connectivity index (χ3v) is 8.68. The summed E-state index contributed by atoms with van der Waals surface area (Å²) in [5.41, 5.74) is 11.9. The number of fused-ring (bicyclic) bond motifs is 9. The Morgan fingerprint density at radius 2 is 0.921 bits per heavy atom. The molecule has 1 fully saturated rings. The van der Waals surface area contributed by atoms with E-state index >= 15 is 0 Å². The molecule has 1 unspecified atom stereocenters. The summed E-state index contributed by atoms with van der Waals surface area (Å²) in [4.78, 5) is 8.04. The third-order valence-electron chi connectivity index (χ3n) is 8.42. The van der Waals surface area contributed by atoms with E-state index in [0.717, 1.165) is 10.6 Å². The maximum absolute atomic E-state index is 6.16. The molecule has 0 N–H and O–H groups in total. The Morgan fingerprint density at radius 1 is 0.500 bits per heavy atom. The SMILES string of the molecule is Clc1ccc(C=N[C@H]2c3ccccc3-c3ccccc3[C@@H]2N2[C@@H]3c4ccccc4-c4ccccc4[C@@H]32)cc1. The summed E-state index contributed by atoms with van der Waals surface area (Å²) in [6.45, 7) is 0. The average Bonchev–Trinajstić information content (AvgIpc) is 3.72. The van der Waals surface area contributed by atoms with Crippen LogP contribution in [0.5, 0.6) is 0 Å². The summed E-state index contributed by atoms with van der Waals surface area (Å²) in [7, 11) is 0. The molecule has 0 aromatic heterocycles. The first-order valence-corrected chi connectivity index (χ1v) is 13.6. The van der Waals surface area contributed by atoms with Gasteiger partial charge < -0.3 is 0 Å². The summed E-state index contributed by atoms with van der Waals surface area (Å²) in [5.74, 6) is 0. The molecule has 5 atom stereocenters. The van der Waals surface area contributed by atoms with Crippen LogP contribution in [-0.2, 0) is 0 Å². The molecule has 5 aromatic carbocycles. The summed E-state index contributed by atoms with van der Waals surface area (Å²) >= 11 is 6.16. The van der Waals surface area contributed by atoms with Gasteiger partial charge in [0.1, 0.15) is 0 Å². The van der Waals surface area contributed by atoms with Gasteiger partial charge in [0.2, 0.25) is 0 Å². The lowest BCUT2D eigenvalue weighted by atomic mass is 9.79. The highest BCUT2D eigenvalue weighted by Crippen LogP contribution is 2.68. The van der Waals surface area contributed by atoms with E-state index in [1.165, 1.54) is 44.5 Å². The second-order valence-electron chi connectivity index (χ2n) is 10.4. The van der Waals surface area contributed by atoms with Gasteiger partial charge in [-0.1, -0.05) is 121 Å². The largest absolute Gasteiger partial charge is 0.282 e. The van der Waals surface area contributed by atoms with Gasteiger partial charge in [0, 0.05) is 11.2 Å². The first kappa shape index (κ1) is 22.0. The lowest BCUT2D eigenvalue weighted by molar-refractivity contribution is 0.310. The molecule has 182 valence electrons. The van der Waals surface area contributed by atoms with E-state index in [2.05, 4.69) is 102 Å². The number of halogens is 1. The molecule has 0 radical (unpaired) electrons. The smallest absolute Gasteiger partial charge is 0.0952 e. The molecule has 5 aromatic rings. The van der Waals surface area contributed by atoms with Gasteiger partial charge in [0.25, 0.3) is 0 Å². The number of hydrogen-bond donors (Lipinski definition) is 0. The van der Waals surface area contributed by atoms with Crippen molar-refractivity contribution in [2.45, 2.75) is 24.2 Å². The predicted octanol–water partition coefficient (Wildman–Crippen LogP) is 9.00. The van der Waals surface area contributed by atoms with Crippen molar-refractivity contribution in [2.75, 3.05) is 0 Å². The molecule has 3 aliphatic rings. The predicted molar refractivity (Wildman–Crippen MR) is 156 cm³/mol. The zero-order chi connectivity index (χ0) is 25.2. The highest BCUT2D eigenvalue weighted by atomic mass is 35.5. The molecule has 0 amide bonds. The van der Waals surface area contributed by atoms with E-state index < -0.39 is 0 Å². The summed E-state index contributed by atoms with van der Waals surface area (Å²) in [6.07, 6.45) is 2.02.